The van der Waals surface area contributed by atoms with Gasteiger partial charge in [0.25, 0.3) is 5.56 Å². The molecule has 0 saturated heterocycles. The van der Waals surface area contributed by atoms with E-state index >= 15 is 0 Å². The van der Waals surface area contributed by atoms with Crippen molar-refractivity contribution in [1.82, 2.24) is 14.5 Å². The number of thioether (sulfide) groups is 1. The lowest BCUT2D eigenvalue weighted by Crippen LogP contribution is -2.26. The van der Waals surface area contributed by atoms with Crippen LogP contribution in [-0.4, -0.2) is 26.2 Å². The molecule has 0 aliphatic heterocycles. The molecule has 2 heterocycles. The highest BCUT2D eigenvalue weighted by atomic mass is 32.2. The van der Waals surface area contributed by atoms with Crippen molar-refractivity contribution in [2.24, 2.45) is 0 Å². The Morgan fingerprint density at radius 3 is 2.77 bits per heavy atom. The molecular formula is C19H22N4O2S. The summed E-state index contributed by atoms with van der Waals surface area (Å²) in [6.07, 6.45) is 0.802. The van der Waals surface area contributed by atoms with Crippen LogP contribution in [0.15, 0.2) is 46.3 Å². The van der Waals surface area contributed by atoms with Crippen LogP contribution in [0.25, 0.3) is 11.0 Å². The zero-order valence-electron chi connectivity index (χ0n) is 15.1. The first kappa shape index (κ1) is 18.3. The minimum absolute atomic E-state index is 0.00249. The minimum Gasteiger partial charge on any atom is -0.353 e. The molecular weight excluding hydrogens is 348 g/mol. The molecule has 7 heteroatoms. The third kappa shape index (κ3) is 3.83. The van der Waals surface area contributed by atoms with Crippen molar-refractivity contribution in [2.75, 3.05) is 11.1 Å². The van der Waals surface area contributed by atoms with Crippen LogP contribution in [0.4, 0.5) is 5.69 Å². The number of aryl methyl sites for hydroxylation is 1. The Morgan fingerprint density at radius 2 is 2.08 bits per heavy atom. The third-order valence-corrected chi connectivity index (χ3v) is 5.16. The van der Waals surface area contributed by atoms with Gasteiger partial charge in [-0.3, -0.25) is 14.2 Å². The van der Waals surface area contributed by atoms with Gasteiger partial charge in [-0.1, -0.05) is 36.9 Å². The van der Waals surface area contributed by atoms with Gasteiger partial charge >= 0.3 is 0 Å². The molecule has 2 N–H and O–H groups in total. The van der Waals surface area contributed by atoms with E-state index in [-0.39, 0.29) is 23.3 Å². The first-order valence-corrected chi connectivity index (χ1v) is 9.57. The number of H-pyrrole nitrogens is 1. The van der Waals surface area contributed by atoms with Gasteiger partial charge in [-0.25, -0.2) is 4.98 Å². The summed E-state index contributed by atoms with van der Waals surface area (Å²) in [4.78, 5) is 32.8. The van der Waals surface area contributed by atoms with Gasteiger partial charge in [0.2, 0.25) is 5.91 Å². The van der Waals surface area contributed by atoms with Crippen LogP contribution < -0.4 is 10.9 Å². The van der Waals surface area contributed by atoms with E-state index in [1.54, 1.807) is 4.57 Å². The second-order valence-electron chi connectivity index (χ2n) is 6.24. The van der Waals surface area contributed by atoms with Gasteiger partial charge in [-0.05, 0) is 38.5 Å². The first-order valence-electron chi connectivity index (χ1n) is 8.59. The molecule has 1 unspecified atom stereocenters. The number of benzene rings is 1. The van der Waals surface area contributed by atoms with Crippen molar-refractivity contribution in [1.29, 1.82) is 0 Å². The van der Waals surface area contributed by atoms with Crippen molar-refractivity contribution in [2.45, 2.75) is 38.4 Å². The number of carbonyl (C=O) groups is 1. The number of nitrogens with one attached hydrogen (secondary N) is 2. The van der Waals surface area contributed by atoms with Crippen LogP contribution in [0.3, 0.4) is 0 Å². The highest BCUT2D eigenvalue weighted by Gasteiger charge is 2.18. The summed E-state index contributed by atoms with van der Waals surface area (Å²) < 4.78 is 1.68. The van der Waals surface area contributed by atoms with Crippen LogP contribution in [0.2, 0.25) is 0 Å². The maximum atomic E-state index is 12.9. The number of carbonyl (C=O) groups excluding carboxylic acids is 1. The maximum absolute atomic E-state index is 12.9. The molecule has 3 rings (SSSR count). The number of aromatic nitrogens is 3. The van der Waals surface area contributed by atoms with E-state index in [1.165, 1.54) is 11.8 Å². The Labute approximate surface area is 156 Å². The molecule has 26 heavy (non-hydrogen) atoms. The fraction of sp³-hybridized carbons (Fsp3) is 0.316. The molecule has 0 saturated carbocycles. The molecule has 6 nitrogen and oxygen atoms in total. The number of rotatable bonds is 6. The quantitative estimate of drug-likeness (QED) is 0.512. The Hall–Kier alpha value is -2.54. The van der Waals surface area contributed by atoms with Gasteiger partial charge in [-0.2, -0.15) is 0 Å². The zero-order chi connectivity index (χ0) is 18.7. The van der Waals surface area contributed by atoms with Gasteiger partial charge in [0.15, 0.2) is 5.16 Å². The van der Waals surface area contributed by atoms with Crippen molar-refractivity contribution >= 4 is 34.4 Å². The van der Waals surface area contributed by atoms with E-state index in [9.17, 15) is 9.59 Å². The van der Waals surface area contributed by atoms with E-state index in [0.717, 1.165) is 17.8 Å². The van der Waals surface area contributed by atoms with Gasteiger partial charge in [0.1, 0.15) is 5.52 Å². The number of fused-ring (bicyclic) bond motifs is 1. The van der Waals surface area contributed by atoms with E-state index in [0.29, 0.717) is 16.2 Å². The number of amides is 1. The predicted octanol–water partition coefficient (Wildman–Crippen LogP) is 3.73. The molecule has 136 valence electrons. The lowest BCUT2D eigenvalue weighted by molar-refractivity contribution is -0.113. The van der Waals surface area contributed by atoms with E-state index in [2.05, 4.69) is 15.3 Å². The van der Waals surface area contributed by atoms with Gasteiger partial charge < -0.3 is 10.3 Å². The third-order valence-electron chi connectivity index (χ3n) is 4.21. The lowest BCUT2D eigenvalue weighted by atomic mass is 10.2. The summed E-state index contributed by atoms with van der Waals surface area (Å²) in [7, 11) is 0. The van der Waals surface area contributed by atoms with Gasteiger partial charge in [0, 0.05) is 17.4 Å². The fourth-order valence-electron chi connectivity index (χ4n) is 2.71. The monoisotopic (exact) mass is 370 g/mol. The molecule has 1 amide bonds. The normalized spacial score (nSPS) is 12.3. The number of para-hydroxylation sites is 1. The molecule has 0 fully saturated rings. The summed E-state index contributed by atoms with van der Waals surface area (Å²) in [6.45, 7) is 5.91. The minimum atomic E-state index is -0.128. The lowest BCUT2D eigenvalue weighted by Gasteiger charge is -2.17. The number of anilines is 1. The Balaban J connectivity index is 1.86. The highest BCUT2D eigenvalue weighted by Crippen LogP contribution is 2.23. The van der Waals surface area contributed by atoms with Crippen molar-refractivity contribution in [3.63, 3.8) is 0 Å². The second-order valence-corrected chi connectivity index (χ2v) is 7.18. The number of hydrogen-bond donors (Lipinski definition) is 2. The molecule has 0 aliphatic rings. The first-order chi connectivity index (χ1) is 12.5. The van der Waals surface area contributed by atoms with Crippen LogP contribution >= 0.6 is 11.8 Å². The smallest absolute Gasteiger partial charge is 0.278 e. The zero-order valence-corrected chi connectivity index (χ0v) is 15.9. The highest BCUT2D eigenvalue weighted by molar-refractivity contribution is 7.99. The van der Waals surface area contributed by atoms with Crippen LogP contribution in [0, 0.1) is 6.92 Å². The predicted molar refractivity (Wildman–Crippen MR) is 106 cm³/mol. The maximum Gasteiger partial charge on any atom is 0.278 e. The van der Waals surface area contributed by atoms with Crippen molar-refractivity contribution in [3.05, 3.63) is 52.4 Å². The Kier molecular flexibility index (Phi) is 5.46. The molecule has 0 spiro atoms. The molecule has 1 aromatic carbocycles. The SMILES string of the molecule is CCC(C)n1c(SCC(=O)Nc2ccccc2)nc2cc(C)[nH]c2c1=O. The molecule has 2 aromatic heterocycles. The summed E-state index contributed by atoms with van der Waals surface area (Å²) >= 11 is 1.28. The van der Waals surface area contributed by atoms with Gasteiger partial charge in [0.05, 0.1) is 11.3 Å². The van der Waals surface area contributed by atoms with E-state index in [4.69, 9.17) is 0 Å². The molecule has 3 aromatic rings. The standard InChI is InChI=1S/C19H22N4O2S/c1-4-13(3)23-18(25)17-15(10-12(2)20-17)22-19(23)26-11-16(24)21-14-8-6-5-7-9-14/h5-10,13,20H,4,11H2,1-3H3,(H,21,24). The average molecular weight is 370 g/mol. The summed E-state index contributed by atoms with van der Waals surface area (Å²) in [5.74, 6) is 0.0589. The van der Waals surface area contributed by atoms with Crippen molar-refractivity contribution in [3.8, 4) is 0 Å². The topological polar surface area (TPSA) is 79.8 Å². The van der Waals surface area contributed by atoms with E-state index < -0.39 is 0 Å². The van der Waals surface area contributed by atoms with Gasteiger partial charge in [-0.15, -0.1) is 0 Å². The summed E-state index contributed by atoms with van der Waals surface area (Å²) in [5, 5.41) is 3.42. The summed E-state index contributed by atoms with van der Waals surface area (Å²) in [6, 6.07) is 11.2. The van der Waals surface area contributed by atoms with Crippen LogP contribution in [-0.2, 0) is 4.79 Å². The molecule has 0 radical (unpaired) electrons. The molecule has 1 atom stereocenters. The molecule has 0 aliphatic carbocycles. The average Bonchev–Trinajstić information content (AvgIpc) is 3.01. The van der Waals surface area contributed by atoms with Crippen molar-refractivity contribution < 1.29 is 4.79 Å². The Morgan fingerprint density at radius 1 is 1.35 bits per heavy atom. The fourth-order valence-corrected chi connectivity index (χ4v) is 3.61. The second kappa shape index (κ2) is 7.78. The largest absolute Gasteiger partial charge is 0.353 e. The molecule has 0 bridgehead atoms. The summed E-state index contributed by atoms with van der Waals surface area (Å²) in [5.41, 5.74) is 2.70. The van der Waals surface area contributed by atoms with Crippen LogP contribution in [0.1, 0.15) is 32.0 Å². The Bertz CT molecular complexity index is 978. The number of aromatic amines is 1. The van der Waals surface area contributed by atoms with E-state index in [1.807, 2.05) is 57.2 Å². The van der Waals surface area contributed by atoms with Crippen LogP contribution in [0.5, 0.6) is 0 Å². The number of nitrogens with zero attached hydrogens (tertiary/aromatic N) is 2. The number of hydrogen-bond acceptors (Lipinski definition) is 4.